The monoisotopic (exact) mass is 939 g/mol. The highest BCUT2D eigenvalue weighted by molar-refractivity contribution is 5.96. The highest BCUT2D eigenvalue weighted by atomic mass is 16.5. The zero-order valence-electron chi connectivity index (χ0n) is 41.0. The number of rotatable bonds is 11. The van der Waals surface area contributed by atoms with Gasteiger partial charge in [0.1, 0.15) is 29.9 Å². The number of phenolic OH excluding ortho intramolecular Hbond substituents is 1. The van der Waals surface area contributed by atoms with Gasteiger partial charge in [-0.25, -0.2) is 5.43 Å². The van der Waals surface area contributed by atoms with E-state index < -0.39 is 53.3 Å². The molecule has 15 nitrogen and oxygen atoms in total. The lowest BCUT2D eigenvalue weighted by Gasteiger charge is -2.37. The summed E-state index contributed by atoms with van der Waals surface area (Å²) in [6, 6.07) is 19.6. The Labute approximate surface area is 404 Å². The molecule has 3 aliphatic heterocycles. The van der Waals surface area contributed by atoms with Crippen LogP contribution in [0.4, 0.5) is 0 Å². The minimum absolute atomic E-state index is 0.00917. The van der Waals surface area contributed by atoms with E-state index in [0.29, 0.717) is 31.4 Å². The minimum atomic E-state index is -1.18. The molecule has 0 radical (unpaired) electrons. The van der Waals surface area contributed by atoms with Crippen molar-refractivity contribution in [3.63, 3.8) is 0 Å². The Kier molecular flexibility index (Phi) is 14.3. The van der Waals surface area contributed by atoms with Crippen LogP contribution in [0, 0.1) is 11.3 Å². The molecule has 8 rings (SSSR count). The van der Waals surface area contributed by atoms with Crippen molar-refractivity contribution in [3.05, 3.63) is 107 Å². The summed E-state index contributed by atoms with van der Waals surface area (Å²) in [5.74, 6) is -2.60. The van der Waals surface area contributed by atoms with E-state index in [2.05, 4.69) is 71.5 Å². The summed E-state index contributed by atoms with van der Waals surface area (Å²) in [4.78, 5) is 77.8. The zero-order valence-corrected chi connectivity index (χ0v) is 41.0. The first-order valence-electron chi connectivity index (χ1n) is 24.3. The van der Waals surface area contributed by atoms with Crippen molar-refractivity contribution in [3.8, 4) is 28.1 Å². The lowest BCUT2D eigenvalue weighted by Crippen LogP contribution is -2.62. The van der Waals surface area contributed by atoms with Crippen molar-refractivity contribution in [2.75, 3.05) is 33.8 Å². The number of hydrazine groups is 1. The fourth-order valence-electron chi connectivity index (χ4n) is 10.2. The van der Waals surface area contributed by atoms with Crippen molar-refractivity contribution in [1.82, 2.24) is 40.4 Å². The first-order valence-corrected chi connectivity index (χ1v) is 24.3. The van der Waals surface area contributed by atoms with Crippen molar-refractivity contribution < 1.29 is 33.8 Å². The number of cyclic esters (lactones) is 1. The van der Waals surface area contributed by atoms with Crippen molar-refractivity contribution in [2.24, 2.45) is 11.3 Å². The number of nitrogens with one attached hydrogen (secondary N) is 3. The predicted octanol–water partition coefficient (Wildman–Crippen LogP) is 5.96. The number of aromatic hydroxyl groups is 1. The molecule has 2 aromatic heterocycles. The van der Waals surface area contributed by atoms with Crippen LogP contribution in [0.25, 0.3) is 33.3 Å². The third-order valence-electron chi connectivity index (χ3n) is 13.9. The minimum Gasteiger partial charge on any atom is -0.508 e. The molecule has 15 heteroatoms. The van der Waals surface area contributed by atoms with Crippen LogP contribution >= 0.6 is 0 Å². The number of amides is 4. The summed E-state index contributed by atoms with van der Waals surface area (Å²) in [6.45, 7) is 12.9. The van der Waals surface area contributed by atoms with Crippen LogP contribution in [0.2, 0.25) is 0 Å². The van der Waals surface area contributed by atoms with E-state index in [0.717, 1.165) is 50.8 Å². The number of benzene rings is 3. The van der Waals surface area contributed by atoms with Crippen LogP contribution < -0.4 is 16.1 Å². The quantitative estimate of drug-likeness (QED) is 0.0909. The van der Waals surface area contributed by atoms with Crippen molar-refractivity contribution in [1.29, 1.82) is 0 Å². The first-order chi connectivity index (χ1) is 33.0. The summed E-state index contributed by atoms with van der Waals surface area (Å²) in [5.41, 5.74) is 11.2. The molecule has 0 saturated carbocycles. The molecule has 2 saturated heterocycles. The summed E-state index contributed by atoms with van der Waals surface area (Å²) in [5, 5.41) is 19.9. The second-order valence-corrected chi connectivity index (χ2v) is 20.0. The van der Waals surface area contributed by atoms with E-state index in [1.165, 1.54) is 27.4 Å². The fourth-order valence-corrected chi connectivity index (χ4v) is 10.2. The number of nitrogens with zero attached hydrogens (tertiary/aromatic N) is 5. The summed E-state index contributed by atoms with van der Waals surface area (Å²) < 4.78 is 8.43. The van der Waals surface area contributed by atoms with Crippen LogP contribution in [-0.4, -0.2) is 117 Å². The van der Waals surface area contributed by atoms with E-state index in [1.807, 2.05) is 68.7 Å². The van der Waals surface area contributed by atoms with E-state index in [-0.39, 0.29) is 49.7 Å². The van der Waals surface area contributed by atoms with Crippen LogP contribution in [0.5, 0.6) is 5.75 Å². The van der Waals surface area contributed by atoms with Crippen molar-refractivity contribution >= 4 is 40.5 Å². The lowest BCUT2D eigenvalue weighted by atomic mass is 9.84. The standard InChI is InChI=1S/C54H66N8O7/c1-9-34-20-21-55-29-41(34)49-40-28-54(5,6)31-69-53(68)42-17-14-22-62(58-42)51(66)43(25-33-23-37(26-38(63)24-33)36-18-19-44(39(40)27-36)61(49)10-2)56-50(65)48(32(3)4)60(8)45(64)30-59(7)52(67)47-46(57-47)35-15-12-11-13-16-35/h11-13,15-16,18-21,23-24,26-27,29,32,42-43,46-48,57-58,63H,9-10,14,17,22,25,28,30-31H2,1-8H3,(H,56,65)/t42-,43-,46-,47+,48-/m0/s1. The molecular formula is C54H66N8O7. The largest absolute Gasteiger partial charge is 0.508 e. The lowest BCUT2D eigenvalue weighted by molar-refractivity contribution is -0.155. The average Bonchev–Trinajstić information content (AvgIpc) is 4.09. The predicted molar refractivity (Wildman–Crippen MR) is 264 cm³/mol. The van der Waals surface area contributed by atoms with Crippen LogP contribution in [0.1, 0.15) is 82.7 Å². The highest BCUT2D eigenvalue weighted by Gasteiger charge is 2.45. The number of hydrogen-bond donors (Lipinski definition) is 4. The molecule has 4 N–H and O–H groups in total. The zero-order chi connectivity index (χ0) is 49.3. The summed E-state index contributed by atoms with van der Waals surface area (Å²) in [6.07, 6.45) is 6.08. The van der Waals surface area contributed by atoms with Gasteiger partial charge < -0.3 is 29.5 Å². The van der Waals surface area contributed by atoms with Crippen LogP contribution in [0.3, 0.4) is 0 Å². The molecule has 5 heterocycles. The molecule has 2 fully saturated rings. The van der Waals surface area contributed by atoms with Gasteiger partial charge in [0.25, 0.3) is 5.91 Å². The Balaban J connectivity index is 1.13. The van der Waals surface area contributed by atoms with Crippen LogP contribution in [0.15, 0.2) is 85.2 Å². The summed E-state index contributed by atoms with van der Waals surface area (Å²) >= 11 is 0. The average molecular weight is 939 g/mol. The molecule has 3 aromatic carbocycles. The molecule has 6 bridgehead atoms. The number of carbonyl (C=O) groups is 5. The Morgan fingerprint density at radius 2 is 1.77 bits per heavy atom. The number of aromatic nitrogens is 2. The Bertz CT molecular complexity index is 2750. The van der Waals surface area contributed by atoms with Gasteiger partial charge in [-0.1, -0.05) is 77.1 Å². The molecule has 0 spiro atoms. The highest BCUT2D eigenvalue weighted by Crippen LogP contribution is 2.41. The number of phenols is 1. The van der Waals surface area contributed by atoms with E-state index >= 15 is 0 Å². The SMILES string of the molecule is CCc1ccncc1-c1c2c3cc(ccc3n1CC)-c1cc(O)cc(c1)C[C@H](NC(=O)[C@H](C(C)C)N(C)C(=O)CN(C)C(=O)[C@@H]1N[C@H]1c1ccccc1)C(=O)N1CCC[C@H](N1)C(=O)OCC(C)(C)C2. The molecule has 3 aliphatic rings. The normalized spacial score (nSPS) is 20.7. The van der Waals surface area contributed by atoms with E-state index in [1.54, 1.807) is 19.2 Å². The smallest absolute Gasteiger partial charge is 0.324 e. The number of hydrogen-bond acceptors (Lipinski definition) is 10. The maximum absolute atomic E-state index is 14.8. The van der Waals surface area contributed by atoms with E-state index in [4.69, 9.17) is 4.74 Å². The van der Waals surface area contributed by atoms with Gasteiger partial charge in [0.05, 0.1) is 24.9 Å². The summed E-state index contributed by atoms with van der Waals surface area (Å²) in [7, 11) is 3.10. The molecule has 4 amide bonds. The van der Waals surface area contributed by atoms with Crippen molar-refractivity contribution in [2.45, 2.75) is 110 Å². The molecule has 364 valence electrons. The molecular weight excluding hydrogens is 873 g/mol. The van der Waals surface area contributed by atoms with Gasteiger partial charge in [-0.3, -0.25) is 39.3 Å². The topological polar surface area (TPSA) is 188 Å². The number of esters is 1. The van der Waals surface area contributed by atoms with Gasteiger partial charge in [0, 0.05) is 67.9 Å². The Morgan fingerprint density at radius 1 is 1.00 bits per heavy atom. The number of aryl methyl sites for hydroxylation is 2. The maximum atomic E-state index is 14.8. The molecule has 0 aliphatic carbocycles. The van der Waals surface area contributed by atoms with E-state index in [9.17, 15) is 29.1 Å². The molecule has 5 aromatic rings. The number of pyridine rings is 1. The van der Waals surface area contributed by atoms with Gasteiger partial charge in [-0.05, 0) is 102 Å². The van der Waals surface area contributed by atoms with Gasteiger partial charge in [-0.2, -0.15) is 0 Å². The van der Waals surface area contributed by atoms with Gasteiger partial charge in [0.15, 0.2) is 0 Å². The molecule has 69 heavy (non-hydrogen) atoms. The molecule has 5 atom stereocenters. The second kappa shape index (κ2) is 20.2. The third-order valence-corrected chi connectivity index (χ3v) is 13.9. The number of fused-ring (bicyclic) bond motifs is 6. The number of ether oxygens (including phenoxy) is 1. The van der Waals surface area contributed by atoms with Crippen LogP contribution in [-0.2, 0) is 54.5 Å². The first kappa shape index (κ1) is 48.9. The fraction of sp³-hybridized carbons (Fsp3) is 0.444. The van der Waals surface area contributed by atoms with Gasteiger partial charge in [0.2, 0.25) is 17.7 Å². The Hall–Kier alpha value is -6.58. The Morgan fingerprint density at radius 3 is 2.49 bits per heavy atom. The second-order valence-electron chi connectivity index (χ2n) is 20.0. The van der Waals surface area contributed by atoms with Gasteiger partial charge in [-0.15, -0.1) is 0 Å². The molecule has 0 unspecified atom stereocenters. The third kappa shape index (κ3) is 10.4. The van der Waals surface area contributed by atoms with Gasteiger partial charge >= 0.3 is 5.97 Å². The maximum Gasteiger partial charge on any atom is 0.324 e. The number of carbonyl (C=O) groups excluding carboxylic acids is 5. The number of likely N-dealkylation sites (N-methyl/N-ethyl adjacent to an activating group) is 2.